The van der Waals surface area contributed by atoms with Gasteiger partial charge in [-0.15, -0.1) is 0 Å². The number of hydrogen-bond acceptors (Lipinski definition) is 8. The normalized spacial score (nSPS) is 10.9. The maximum atomic E-state index is 11.7. The minimum absolute atomic E-state index is 0.0979. The predicted molar refractivity (Wildman–Crippen MR) is 84.9 cm³/mol. The number of carbonyl (C=O) groups is 2. The van der Waals surface area contributed by atoms with Crippen molar-refractivity contribution < 1.29 is 22.7 Å². The Morgan fingerprint density at radius 3 is 2.38 bits per heavy atom. The SMILES string of the molecule is CS(=O)(=O)c1ccc(NC(=O)COC(=O)c2nccnc2N)cc1. The highest BCUT2D eigenvalue weighted by Gasteiger charge is 2.15. The van der Waals surface area contributed by atoms with Crippen LogP contribution in [0.25, 0.3) is 0 Å². The van der Waals surface area contributed by atoms with Gasteiger partial charge >= 0.3 is 5.97 Å². The molecule has 24 heavy (non-hydrogen) atoms. The smallest absolute Gasteiger partial charge is 0.361 e. The molecule has 0 spiro atoms. The number of carbonyl (C=O) groups excluding carboxylic acids is 2. The van der Waals surface area contributed by atoms with Crippen molar-refractivity contribution in [2.75, 3.05) is 23.9 Å². The first kappa shape index (κ1) is 17.3. The van der Waals surface area contributed by atoms with Crippen LogP contribution in [0.5, 0.6) is 0 Å². The first-order valence-corrected chi connectivity index (χ1v) is 8.50. The average Bonchev–Trinajstić information content (AvgIpc) is 2.53. The van der Waals surface area contributed by atoms with E-state index in [2.05, 4.69) is 15.3 Å². The molecule has 3 N–H and O–H groups in total. The van der Waals surface area contributed by atoms with E-state index < -0.39 is 28.3 Å². The van der Waals surface area contributed by atoms with Gasteiger partial charge in [-0.25, -0.2) is 23.2 Å². The van der Waals surface area contributed by atoms with Gasteiger partial charge in [-0.05, 0) is 24.3 Å². The Bertz CT molecular complexity index is 865. The van der Waals surface area contributed by atoms with Gasteiger partial charge in [0.25, 0.3) is 5.91 Å². The number of benzene rings is 1. The summed E-state index contributed by atoms with van der Waals surface area (Å²) in [6.45, 7) is -0.553. The van der Waals surface area contributed by atoms with Crippen molar-refractivity contribution in [3.63, 3.8) is 0 Å². The van der Waals surface area contributed by atoms with Crippen molar-refractivity contribution >= 4 is 33.2 Å². The number of nitrogens with zero attached hydrogens (tertiary/aromatic N) is 2. The minimum atomic E-state index is -3.31. The third-order valence-corrected chi connectivity index (χ3v) is 3.95. The zero-order valence-electron chi connectivity index (χ0n) is 12.6. The van der Waals surface area contributed by atoms with Crippen LogP contribution in [0, 0.1) is 0 Å². The fourth-order valence-corrected chi connectivity index (χ4v) is 2.32. The number of nitrogen functional groups attached to an aromatic ring is 1. The molecule has 1 heterocycles. The lowest BCUT2D eigenvalue weighted by molar-refractivity contribution is -0.119. The lowest BCUT2D eigenvalue weighted by Gasteiger charge is -2.07. The van der Waals surface area contributed by atoms with Gasteiger partial charge in [-0.1, -0.05) is 0 Å². The summed E-state index contributed by atoms with van der Waals surface area (Å²) in [5, 5.41) is 2.46. The summed E-state index contributed by atoms with van der Waals surface area (Å²) in [6.07, 6.45) is 3.67. The average molecular weight is 350 g/mol. The molecule has 9 nitrogen and oxygen atoms in total. The molecule has 1 amide bonds. The Kier molecular flexibility index (Phi) is 5.09. The Morgan fingerprint density at radius 2 is 1.79 bits per heavy atom. The number of amides is 1. The van der Waals surface area contributed by atoms with E-state index >= 15 is 0 Å². The number of hydrogen-bond donors (Lipinski definition) is 2. The number of rotatable bonds is 5. The molecule has 1 aromatic heterocycles. The van der Waals surface area contributed by atoms with E-state index in [1.165, 1.54) is 36.7 Å². The van der Waals surface area contributed by atoms with Gasteiger partial charge in [-0.3, -0.25) is 4.79 Å². The van der Waals surface area contributed by atoms with Crippen molar-refractivity contribution in [3.8, 4) is 0 Å². The van der Waals surface area contributed by atoms with Crippen molar-refractivity contribution in [1.82, 2.24) is 9.97 Å². The number of esters is 1. The summed E-state index contributed by atoms with van der Waals surface area (Å²) in [5.74, 6) is -1.57. The Morgan fingerprint density at radius 1 is 1.17 bits per heavy atom. The van der Waals surface area contributed by atoms with Crippen LogP contribution in [0.4, 0.5) is 11.5 Å². The van der Waals surface area contributed by atoms with Crippen LogP contribution in [0.15, 0.2) is 41.6 Å². The lowest BCUT2D eigenvalue weighted by atomic mass is 10.3. The van der Waals surface area contributed by atoms with Crippen LogP contribution >= 0.6 is 0 Å². The van der Waals surface area contributed by atoms with E-state index in [4.69, 9.17) is 10.5 Å². The third kappa shape index (κ3) is 4.49. The van der Waals surface area contributed by atoms with E-state index in [0.717, 1.165) is 6.26 Å². The molecule has 0 saturated carbocycles. The van der Waals surface area contributed by atoms with Crippen molar-refractivity contribution in [1.29, 1.82) is 0 Å². The van der Waals surface area contributed by atoms with E-state index in [-0.39, 0.29) is 16.4 Å². The molecule has 0 aliphatic heterocycles. The summed E-state index contributed by atoms with van der Waals surface area (Å²) in [7, 11) is -3.31. The Labute approximate surface area is 137 Å². The maximum Gasteiger partial charge on any atom is 0.361 e. The Balaban J connectivity index is 1.92. The summed E-state index contributed by atoms with van der Waals surface area (Å²) >= 11 is 0. The number of sulfone groups is 1. The van der Waals surface area contributed by atoms with Gasteiger partial charge in [0.1, 0.15) is 0 Å². The van der Waals surface area contributed by atoms with Crippen molar-refractivity contribution in [2.45, 2.75) is 4.90 Å². The van der Waals surface area contributed by atoms with Gasteiger partial charge in [0, 0.05) is 24.3 Å². The van der Waals surface area contributed by atoms with Crippen LogP contribution in [-0.2, 0) is 19.4 Å². The molecule has 0 saturated heterocycles. The predicted octanol–water partition coefficient (Wildman–Crippen LogP) is 0.258. The third-order valence-electron chi connectivity index (χ3n) is 2.82. The zero-order chi connectivity index (χ0) is 17.7. The highest BCUT2D eigenvalue weighted by molar-refractivity contribution is 7.90. The van der Waals surface area contributed by atoms with Gasteiger partial charge in [-0.2, -0.15) is 0 Å². The second-order valence-corrected chi connectivity index (χ2v) is 6.73. The van der Waals surface area contributed by atoms with Crippen LogP contribution in [0.1, 0.15) is 10.5 Å². The summed E-state index contributed by atoms with van der Waals surface area (Å²) in [4.78, 5) is 31.0. The second kappa shape index (κ2) is 7.04. The maximum absolute atomic E-state index is 11.7. The highest BCUT2D eigenvalue weighted by atomic mass is 32.2. The molecule has 0 aliphatic carbocycles. The van der Waals surface area contributed by atoms with Crippen molar-refractivity contribution in [3.05, 3.63) is 42.4 Å². The molecule has 2 aromatic rings. The van der Waals surface area contributed by atoms with Gasteiger partial charge < -0.3 is 15.8 Å². The molecular weight excluding hydrogens is 336 g/mol. The van der Waals surface area contributed by atoms with E-state index in [9.17, 15) is 18.0 Å². The number of aromatic nitrogens is 2. The van der Waals surface area contributed by atoms with Crippen LogP contribution < -0.4 is 11.1 Å². The molecular formula is C14H14N4O5S. The Hall–Kier alpha value is -3.01. The van der Waals surface area contributed by atoms with E-state index in [1.807, 2.05) is 0 Å². The first-order valence-electron chi connectivity index (χ1n) is 6.61. The van der Waals surface area contributed by atoms with Crippen molar-refractivity contribution in [2.24, 2.45) is 0 Å². The highest BCUT2D eigenvalue weighted by Crippen LogP contribution is 2.13. The molecule has 2 rings (SSSR count). The molecule has 126 valence electrons. The number of nitrogens with two attached hydrogens (primary N) is 1. The number of ether oxygens (including phenoxy) is 1. The monoisotopic (exact) mass is 350 g/mol. The number of nitrogens with one attached hydrogen (secondary N) is 1. The molecule has 0 atom stereocenters. The molecule has 0 unspecified atom stereocenters. The summed E-state index contributed by atoms with van der Waals surface area (Å²) in [6, 6.07) is 5.57. The zero-order valence-corrected chi connectivity index (χ0v) is 13.4. The summed E-state index contributed by atoms with van der Waals surface area (Å²) in [5.41, 5.74) is 5.66. The van der Waals surface area contributed by atoms with E-state index in [0.29, 0.717) is 5.69 Å². The van der Waals surface area contributed by atoms with Crippen LogP contribution in [0.2, 0.25) is 0 Å². The molecule has 0 radical (unpaired) electrons. The largest absolute Gasteiger partial charge is 0.451 e. The van der Waals surface area contributed by atoms with E-state index in [1.54, 1.807) is 0 Å². The minimum Gasteiger partial charge on any atom is -0.451 e. The van der Waals surface area contributed by atoms with Crippen LogP contribution in [-0.4, -0.2) is 43.1 Å². The molecule has 10 heteroatoms. The topological polar surface area (TPSA) is 141 Å². The van der Waals surface area contributed by atoms with Gasteiger partial charge in [0.05, 0.1) is 4.90 Å². The second-order valence-electron chi connectivity index (χ2n) is 4.71. The van der Waals surface area contributed by atoms with Crippen LogP contribution in [0.3, 0.4) is 0 Å². The van der Waals surface area contributed by atoms with Gasteiger partial charge in [0.15, 0.2) is 28.0 Å². The summed E-state index contributed by atoms with van der Waals surface area (Å²) < 4.78 is 27.5. The van der Waals surface area contributed by atoms with Gasteiger partial charge in [0.2, 0.25) is 0 Å². The standard InChI is InChI=1S/C14H14N4O5S/c1-24(21,22)10-4-2-9(3-5-10)18-11(19)8-23-14(20)12-13(15)17-7-6-16-12/h2-7H,8H2,1H3,(H2,15,17)(H,18,19). The quantitative estimate of drug-likeness (QED) is 0.731. The first-order chi connectivity index (χ1) is 11.3. The molecule has 0 aliphatic rings. The molecule has 0 bridgehead atoms. The molecule has 0 fully saturated rings. The fourth-order valence-electron chi connectivity index (χ4n) is 1.69. The molecule has 1 aromatic carbocycles. The fraction of sp³-hybridized carbons (Fsp3) is 0.143. The number of anilines is 2. The lowest BCUT2D eigenvalue weighted by Crippen LogP contribution is -2.22.